The van der Waals surface area contributed by atoms with E-state index in [-0.39, 0.29) is 6.04 Å². The Balaban J connectivity index is 2.11. The van der Waals surface area contributed by atoms with E-state index in [0.29, 0.717) is 5.75 Å². The summed E-state index contributed by atoms with van der Waals surface area (Å²) < 4.78 is 6.59. The maximum absolute atomic E-state index is 5.96. The summed E-state index contributed by atoms with van der Waals surface area (Å²) >= 11 is 3.36. The molecule has 1 heterocycles. The van der Waals surface area contributed by atoms with Crippen LogP contribution in [0.2, 0.25) is 0 Å². The van der Waals surface area contributed by atoms with Gasteiger partial charge in [-0.2, -0.15) is 0 Å². The first kappa shape index (κ1) is 13.1. The van der Waals surface area contributed by atoms with Crippen LogP contribution < -0.4 is 10.5 Å². The van der Waals surface area contributed by atoms with Gasteiger partial charge < -0.3 is 10.5 Å². The molecule has 94 valence electrons. The lowest BCUT2D eigenvalue weighted by Crippen LogP contribution is -2.07. The van der Waals surface area contributed by atoms with Crippen molar-refractivity contribution in [2.45, 2.75) is 19.4 Å². The molecular weight excluding hydrogens is 292 g/mol. The van der Waals surface area contributed by atoms with Crippen molar-refractivity contribution in [2.24, 2.45) is 5.73 Å². The van der Waals surface area contributed by atoms with Crippen molar-refractivity contribution in [1.82, 2.24) is 4.98 Å². The molecule has 4 heteroatoms. The molecule has 2 N–H and O–H groups in total. The van der Waals surface area contributed by atoms with Crippen LogP contribution in [0.1, 0.15) is 24.9 Å². The molecule has 0 saturated heterocycles. The number of halogens is 1. The third-order valence-corrected chi connectivity index (χ3v) is 3.10. The minimum absolute atomic E-state index is 0.0894. The lowest BCUT2D eigenvalue weighted by Gasteiger charge is -2.10. The quantitative estimate of drug-likeness (QED) is 0.927. The van der Waals surface area contributed by atoms with E-state index in [0.717, 1.165) is 22.2 Å². The maximum atomic E-state index is 5.96. The first-order valence-corrected chi connectivity index (χ1v) is 6.62. The Hall–Kier alpha value is -1.39. The van der Waals surface area contributed by atoms with Crippen molar-refractivity contribution in [3.05, 3.63) is 52.8 Å². The number of nitrogens with zero attached hydrogens (tertiary/aromatic N) is 1. The van der Waals surface area contributed by atoms with Gasteiger partial charge in [0.1, 0.15) is 11.5 Å². The highest BCUT2D eigenvalue weighted by Crippen LogP contribution is 2.24. The number of hydrogen-bond donors (Lipinski definition) is 1. The van der Waals surface area contributed by atoms with Gasteiger partial charge in [-0.15, -0.1) is 0 Å². The SMILES string of the molecule is CCC(N)c1ccc(Oc2cncc(Br)c2)cc1. The molecule has 0 aliphatic carbocycles. The summed E-state index contributed by atoms with van der Waals surface area (Å²) in [7, 11) is 0. The van der Waals surface area contributed by atoms with Crippen molar-refractivity contribution in [1.29, 1.82) is 0 Å². The van der Waals surface area contributed by atoms with E-state index in [1.54, 1.807) is 12.4 Å². The van der Waals surface area contributed by atoms with Gasteiger partial charge in [0, 0.05) is 16.7 Å². The number of rotatable bonds is 4. The molecule has 0 bridgehead atoms. The second-order valence-electron chi connectivity index (χ2n) is 4.02. The molecule has 0 amide bonds. The monoisotopic (exact) mass is 306 g/mol. The summed E-state index contributed by atoms with van der Waals surface area (Å²) in [5.74, 6) is 1.49. The van der Waals surface area contributed by atoms with E-state index in [4.69, 9.17) is 10.5 Å². The van der Waals surface area contributed by atoms with Crippen molar-refractivity contribution in [2.75, 3.05) is 0 Å². The first-order valence-electron chi connectivity index (χ1n) is 5.83. The molecule has 18 heavy (non-hydrogen) atoms. The van der Waals surface area contributed by atoms with Crippen LogP contribution in [0.4, 0.5) is 0 Å². The largest absolute Gasteiger partial charge is 0.456 e. The van der Waals surface area contributed by atoms with Crippen molar-refractivity contribution in [3.8, 4) is 11.5 Å². The average Bonchev–Trinajstić information content (AvgIpc) is 2.39. The summed E-state index contributed by atoms with van der Waals surface area (Å²) in [4.78, 5) is 4.05. The van der Waals surface area contributed by atoms with Crippen LogP contribution in [-0.4, -0.2) is 4.98 Å². The summed E-state index contributed by atoms with van der Waals surface area (Å²) in [6.07, 6.45) is 4.32. The van der Waals surface area contributed by atoms with Crippen LogP contribution in [0.3, 0.4) is 0 Å². The third kappa shape index (κ3) is 3.31. The van der Waals surface area contributed by atoms with Crippen LogP contribution in [0.15, 0.2) is 47.2 Å². The predicted octanol–water partition coefficient (Wildman–Crippen LogP) is 4.05. The zero-order chi connectivity index (χ0) is 13.0. The molecular formula is C14H15BrN2O. The van der Waals surface area contributed by atoms with Gasteiger partial charge in [-0.1, -0.05) is 19.1 Å². The summed E-state index contributed by atoms with van der Waals surface area (Å²) in [6.45, 7) is 2.07. The highest BCUT2D eigenvalue weighted by Gasteiger charge is 2.04. The summed E-state index contributed by atoms with van der Waals surface area (Å²) in [5, 5.41) is 0. The molecule has 0 radical (unpaired) electrons. The lowest BCUT2D eigenvalue weighted by atomic mass is 10.1. The maximum Gasteiger partial charge on any atom is 0.146 e. The Morgan fingerprint density at radius 1 is 1.22 bits per heavy atom. The summed E-state index contributed by atoms with van der Waals surface area (Å²) in [6, 6.07) is 9.80. The van der Waals surface area contributed by atoms with E-state index in [2.05, 4.69) is 27.8 Å². The van der Waals surface area contributed by atoms with Crippen molar-refractivity contribution < 1.29 is 4.74 Å². The molecule has 0 aliphatic heterocycles. The molecule has 3 nitrogen and oxygen atoms in total. The van der Waals surface area contributed by atoms with Crippen LogP contribution in [-0.2, 0) is 0 Å². The predicted molar refractivity (Wildman–Crippen MR) is 75.7 cm³/mol. The van der Waals surface area contributed by atoms with Crippen LogP contribution in [0.5, 0.6) is 11.5 Å². The Kier molecular flexibility index (Phi) is 4.33. The molecule has 0 spiro atoms. The smallest absolute Gasteiger partial charge is 0.146 e. The molecule has 0 saturated carbocycles. The van der Waals surface area contributed by atoms with Crippen LogP contribution >= 0.6 is 15.9 Å². The number of pyridine rings is 1. The van der Waals surface area contributed by atoms with E-state index in [9.17, 15) is 0 Å². The van der Waals surface area contributed by atoms with E-state index >= 15 is 0 Å². The minimum Gasteiger partial charge on any atom is -0.456 e. The molecule has 0 fully saturated rings. The van der Waals surface area contributed by atoms with Crippen LogP contribution in [0, 0.1) is 0 Å². The molecule has 0 aliphatic rings. The first-order chi connectivity index (χ1) is 8.69. The number of aromatic nitrogens is 1. The van der Waals surface area contributed by atoms with E-state index < -0.39 is 0 Å². The van der Waals surface area contributed by atoms with Gasteiger partial charge in [-0.3, -0.25) is 4.98 Å². The third-order valence-electron chi connectivity index (χ3n) is 2.66. The Morgan fingerprint density at radius 3 is 2.56 bits per heavy atom. The molecule has 1 unspecified atom stereocenters. The number of ether oxygens (including phenoxy) is 1. The Labute approximate surface area is 115 Å². The highest BCUT2D eigenvalue weighted by molar-refractivity contribution is 9.10. The normalized spacial score (nSPS) is 12.2. The number of benzene rings is 1. The highest BCUT2D eigenvalue weighted by atomic mass is 79.9. The van der Waals surface area contributed by atoms with Gasteiger partial charge in [0.25, 0.3) is 0 Å². The second-order valence-corrected chi connectivity index (χ2v) is 4.94. The molecule has 2 rings (SSSR count). The molecule has 1 aromatic carbocycles. The standard InChI is InChI=1S/C14H15BrN2O/c1-2-14(16)10-3-5-12(6-4-10)18-13-7-11(15)8-17-9-13/h3-9,14H,2,16H2,1H3. The fraction of sp³-hybridized carbons (Fsp3) is 0.214. The van der Waals surface area contributed by atoms with Gasteiger partial charge in [0.15, 0.2) is 0 Å². The van der Waals surface area contributed by atoms with Gasteiger partial charge in [-0.05, 0) is 46.1 Å². The van der Waals surface area contributed by atoms with Crippen molar-refractivity contribution >= 4 is 15.9 Å². The van der Waals surface area contributed by atoms with E-state index in [1.807, 2.05) is 30.3 Å². The van der Waals surface area contributed by atoms with Gasteiger partial charge in [0.05, 0.1) is 6.20 Å². The fourth-order valence-electron chi connectivity index (χ4n) is 1.60. The van der Waals surface area contributed by atoms with Gasteiger partial charge in [-0.25, -0.2) is 0 Å². The topological polar surface area (TPSA) is 48.1 Å². The second kappa shape index (κ2) is 5.98. The number of nitrogens with two attached hydrogens (primary N) is 1. The summed E-state index contributed by atoms with van der Waals surface area (Å²) in [5.41, 5.74) is 7.08. The fourth-order valence-corrected chi connectivity index (χ4v) is 1.95. The molecule has 1 atom stereocenters. The number of hydrogen-bond acceptors (Lipinski definition) is 3. The lowest BCUT2D eigenvalue weighted by molar-refractivity contribution is 0.479. The van der Waals surface area contributed by atoms with Crippen molar-refractivity contribution in [3.63, 3.8) is 0 Å². The van der Waals surface area contributed by atoms with Gasteiger partial charge >= 0.3 is 0 Å². The molecule has 1 aromatic heterocycles. The average molecular weight is 307 g/mol. The zero-order valence-electron chi connectivity index (χ0n) is 10.1. The molecule has 2 aromatic rings. The minimum atomic E-state index is 0.0894. The Bertz CT molecular complexity index is 513. The van der Waals surface area contributed by atoms with E-state index in [1.165, 1.54) is 0 Å². The zero-order valence-corrected chi connectivity index (χ0v) is 11.7. The van der Waals surface area contributed by atoms with Gasteiger partial charge in [0.2, 0.25) is 0 Å². The Morgan fingerprint density at radius 2 is 1.94 bits per heavy atom. The van der Waals surface area contributed by atoms with Crippen LogP contribution in [0.25, 0.3) is 0 Å².